The molecule has 1 aromatic rings. The van der Waals surface area contributed by atoms with Gasteiger partial charge in [0, 0.05) is 23.7 Å². The number of esters is 1. The maximum atomic E-state index is 13.7. The molecule has 1 heterocycles. The molecule has 3 fully saturated rings. The van der Waals surface area contributed by atoms with Crippen LogP contribution in [-0.4, -0.2) is 33.2 Å². The second-order valence-electron chi connectivity index (χ2n) is 15.7. The van der Waals surface area contributed by atoms with Gasteiger partial charge < -0.3 is 9.84 Å². The van der Waals surface area contributed by atoms with Crippen LogP contribution in [0.15, 0.2) is 58.7 Å². The molecule has 6 nitrogen and oxygen atoms in total. The van der Waals surface area contributed by atoms with Gasteiger partial charge in [0.25, 0.3) is 0 Å². The van der Waals surface area contributed by atoms with Gasteiger partial charge in [0.05, 0.1) is 18.2 Å². The fourth-order valence-electron chi connectivity index (χ4n) is 9.95. The van der Waals surface area contributed by atoms with Gasteiger partial charge in [-0.25, -0.2) is 0 Å². The number of allylic oxidation sites excluding steroid dienone is 7. The number of rotatable bonds is 6. The lowest BCUT2D eigenvalue weighted by atomic mass is 9.34. The number of aryl methyl sites for hydroxylation is 2. The highest BCUT2D eigenvalue weighted by Crippen LogP contribution is 2.75. The van der Waals surface area contributed by atoms with Crippen molar-refractivity contribution in [2.45, 2.75) is 113 Å². The quantitative estimate of drug-likeness (QED) is 0.269. The summed E-state index contributed by atoms with van der Waals surface area (Å²) in [6.45, 7) is 17.1. The van der Waals surface area contributed by atoms with Crippen LogP contribution in [0.3, 0.4) is 0 Å². The Labute approximate surface area is 257 Å². The molecule has 0 unspecified atom stereocenters. The average Bonchev–Trinajstić information content (AvgIpc) is 3.39. The lowest BCUT2D eigenvalue weighted by molar-refractivity contribution is -0.182. The third-order valence-corrected chi connectivity index (χ3v) is 13.1. The normalized spacial score (nSPS) is 38.6. The summed E-state index contributed by atoms with van der Waals surface area (Å²) in [6.07, 6.45) is 18.9. The van der Waals surface area contributed by atoms with E-state index >= 15 is 0 Å². The highest BCUT2D eigenvalue weighted by Gasteiger charge is 2.67. The van der Waals surface area contributed by atoms with E-state index in [1.807, 2.05) is 30.9 Å². The van der Waals surface area contributed by atoms with E-state index in [0.717, 1.165) is 81.0 Å². The minimum Gasteiger partial charge on any atom is -0.504 e. The molecule has 0 radical (unpaired) electrons. The van der Waals surface area contributed by atoms with E-state index in [9.17, 15) is 14.7 Å². The maximum Gasteiger partial charge on any atom is 0.311 e. The van der Waals surface area contributed by atoms with Crippen molar-refractivity contribution < 1.29 is 19.4 Å². The first-order chi connectivity index (χ1) is 20.2. The van der Waals surface area contributed by atoms with Gasteiger partial charge in [0.1, 0.15) is 0 Å². The Hall–Kier alpha value is -2.89. The van der Waals surface area contributed by atoms with Crippen LogP contribution in [0.4, 0.5) is 0 Å². The molecule has 1 aromatic heterocycles. The van der Waals surface area contributed by atoms with Crippen LogP contribution in [-0.2, 0) is 20.9 Å². The summed E-state index contributed by atoms with van der Waals surface area (Å²) in [4.78, 5) is 26.4. The van der Waals surface area contributed by atoms with Crippen molar-refractivity contribution in [2.24, 2.45) is 33.0 Å². The molecule has 0 spiro atoms. The molecule has 1 N–H and O–H groups in total. The first-order valence-corrected chi connectivity index (χ1v) is 16.4. The van der Waals surface area contributed by atoms with Crippen molar-refractivity contribution in [1.82, 2.24) is 9.78 Å². The predicted octanol–water partition coefficient (Wildman–Crippen LogP) is 8.14. The number of carbonyl (C=O) groups excluding carboxylic acids is 2. The molecule has 0 bridgehead atoms. The second kappa shape index (κ2) is 10.1. The fraction of sp³-hybridized carbons (Fsp3) is 0.649. The molecular formula is C37H50N2O4. The molecule has 5 aliphatic rings. The number of ketones is 1. The third-order valence-electron chi connectivity index (χ3n) is 13.1. The van der Waals surface area contributed by atoms with Crippen LogP contribution in [0.1, 0.15) is 105 Å². The summed E-state index contributed by atoms with van der Waals surface area (Å²) in [7, 11) is 0. The van der Waals surface area contributed by atoms with Crippen molar-refractivity contribution in [1.29, 1.82) is 0 Å². The second-order valence-corrected chi connectivity index (χ2v) is 15.7. The van der Waals surface area contributed by atoms with Crippen LogP contribution in [0.5, 0.6) is 0 Å². The lowest BCUT2D eigenvalue weighted by Gasteiger charge is -2.70. The Morgan fingerprint density at radius 1 is 1.02 bits per heavy atom. The van der Waals surface area contributed by atoms with Crippen LogP contribution in [0.25, 0.3) is 0 Å². The first-order valence-electron chi connectivity index (χ1n) is 16.4. The van der Waals surface area contributed by atoms with E-state index in [2.05, 4.69) is 51.9 Å². The Kier molecular flexibility index (Phi) is 7.06. The molecule has 232 valence electrons. The van der Waals surface area contributed by atoms with E-state index in [1.165, 1.54) is 5.57 Å². The lowest BCUT2D eigenvalue weighted by Crippen LogP contribution is -2.62. The molecule has 0 saturated heterocycles. The van der Waals surface area contributed by atoms with Crippen molar-refractivity contribution in [3.63, 3.8) is 0 Å². The van der Waals surface area contributed by atoms with Crippen LogP contribution >= 0.6 is 0 Å². The maximum absolute atomic E-state index is 13.7. The summed E-state index contributed by atoms with van der Waals surface area (Å²) in [5, 5.41) is 14.8. The van der Waals surface area contributed by atoms with Crippen LogP contribution < -0.4 is 0 Å². The summed E-state index contributed by atoms with van der Waals surface area (Å²) in [6, 6.07) is 0. The number of aromatic nitrogens is 2. The minimum atomic E-state index is -0.475. The van der Waals surface area contributed by atoms with Crippen molar-refractivity contribution in [3.05, 3.63) is 64.2 Å². The van der Waals surface area contributed by atoms with E-state index in [-0.39, 0.29) is 39.2 Å². The van der Waals surface area contributed by atoms with Gasteiger partial charge in [-0.3, -0.25) is 14.3 Å². The molecule has 6 heteroatoms. The summed E-state index contributed by atoms with van der Waals surface area (Å²) < 4.78 is 7.93. The van der Waals surface area contributed by atoms with Crippen LogP contribution in [0, 0.1) is 39.9 Å². The number of carbonyl (C=O) groups is 2. The van der Waals surface area contributed by atoms with Gasteiger partial charge in [-0.1, -0.05) is 45.4 Å². The number of ether oxygens (including phenoxy) is 1. The van der Waals surface area contributed by atoms with E-state index in [4.69, 9.17) is 4.74 Å². The fourth-order valence-corrected chi connectivity index (χ4v) is 9.95. The molecule has 43 heavy (non-hydrogen) atoms. The number of unbranched alkanes of at least 4 members (excludes halogenated alkanes) is 1. The molecule has 6 atom stereocenters. The van der Waals surface area contributed by atoms with Gasteiger partial charge in [0.15, 0.2) is 5.76 Å². The Morgan fingerprint density at radius 2 is 1.77 bits per heavy atom. The third kappa shape index (κ3) is 4.44. The summed E-state index contributed by atoms with van der Waals surface area (Å²) in [5.41, 5.74) is 4.80. The first kappa shape index (κ1) is 30.1. The number of hydrogen-bond donors (Lipinski definition) is 1. The van der Waals surface area contributed by atoms with Gasteiger partial charge in [-0.2, -0.15) is 5.10 Å². The Balaban J connectivity index is 1.22. The molecule has 0 amide bonds. The number of fused-ring (bicyclic) bond motifs is 7. The standard InChI is InChI=1S/C37H50N2O4/c1-24-22-38-39(23-24)18-8-9-19-43-32(42)34(4)13-12-33(3)14-16-36(6)29-11-10-26-25(2)31(41)28(40)20-27(26)35(29,5)15-17-37(36,7)30(33)21-34/h10-11,20,22-23,30,41H,8-9,12-19,21H2,1-7H3/t30-,33-,34-,35+,36-,37+/m1/s1. The molecule has 0 aromatic carbocycles. The highest BCUT2D eigenvalue weighted by molar-refractivity contribution is 6.06. The van der Waals surface area contributed by atoms with Gasteiger partial charge in [-0.05, 0) is 124 Å². The Bertz CT molecular complexity index is 1490. The van der Waals surface area contributed by atoms with Crippen molar-refractivity contribution in [2.75, 3.05) is 6.61 Å². The minimum absolute atomic E-state index is 0.0206. The molecule has 6 rings (SSSR count). The van der Waals surface area contributed by atoms with Crippen molar-refractivity contribution >= 4 is 11.8 Å². The molecule has 3 saturated carbocycles. The predicted molar refractivity (Wildman–Crippen MR) is 168 cm³/mol. The largest absolute Gasteiger partial charge is 0.504 e. The van der Waals surface area contributed by atoms with E-state index < -0.39 is 5.41 Å². The van der Waals surface area contributed by atoms with Gasteiger partial charge in [0.2, 0.25) is 5.78 Å². The number of aliphatic hydroxyl groups excluding tert-OH is 1. The molecule has 5 aliphatic carbocycles. The highest BCUT2D eigenvalue weighted by atomic mass is 16.5. The van der Waals surface area contributed by atoms with Gasteiger partial charge >= 0.3 is 5.97 Å². The SMILES string of the molecule is CC1=C(O)C(=O)C=C2C1=CC=C1[C@@]2(C)CC[C@@]2(C)[C@@H]3C[C@](C)(C(=O)OCCCCn4cc(C)cn4)CC[C@]3(C)CC[C@]12C. The monoisotopic (exact) mass is 586 g/mol. The zero-order chi connectivity index (χ0) is 31.0. The Morgan fingerprint density at radius 3 is 2.49 bits per heavy atom. The molecular weight excluding hydrogens is 536 g/mol. The average molecular weight is 587 g/mol. The van der Waals surface area contributed by atoms with Gasteiger partial charge in [-0.15, -0.1) is 0 Å². The van der Waals surface area contributed by atoms with E-state index in [0.29, 0.717) is 18.1 Å². The topological polar surface area (TPSA) is 81.4 Å². The van der Waals surface area contributed by atoms with E-state index in [1.54, 1.807) is 6.08 Å². The number of nitrogens with zero attached hydrogens (tertiary/aromatic N) is 2. The zero-order valence-electron chi connectivity index (χ0n) is 27.3. The van der Waals surface area contributed by atoms with Crippen LogP contribution in [0.2, 0.25) is 0 Å². The summed E-state index contributed by atoms with van der Waals surface area (Å²) >= 11 is 0. The summed E-state index contributed by atoms with van der Waals surface area (Å²) in [5.74, 6) is -0.0352. The number of hydrogen-bond acceptors (Lipinski definition) is 5. The smallest absolute Gasteiger partial charge is 0.311 e. The number of aliphatic hydroxyl groups is 1. The zero-order valence-corrected chi connectivity index (χ0v) is 27.3. The molecule has 0 aliphatic heterocycles. The van der Waals surface area contributed by atoms with Crippen molar-refractivity contribution in [3.8, 4) is 0 Å².